The number of aliphatic hydroxyl groups excluding tert-OH is 1. The molecule has 0 saturated carbocycles. The van der Waals surface area contributed by atoms with E-state index in [4.69, 9.17) is 9.96 Å². The number of aliphatic hydroxyl groups is 1. The Labute approximate surface area is 180 Å². The molecule has 11 heteroatoms. The summed E-state index contributed by atoms with van der Waals surface area (Å²) in [4.78, 5) is 10.7. The van der Waals surface area contributed by atoms with Gasteiger partial charge in [0.05, 0.1) is 6.10 Å². The molecule has 1 aromatic rings. The molecule has 1 aromatic heterocycles. The van der Waals surface area contributed by atoms with Gasteiger partial charge in [-0.25, -0.2) is 18.4 Å². The predicted molar refractivity (Wildman–Crippen MR) is 120 cm³/mol. The summed E-state index contributed by atoms with van der Waals surface area (Å²) in [7, 11) is -5.89. The second kappa shape index (κ2) is 9.15. The van der Waals surface area contributed by atoms with Crippen LogP contribution >= 0.6 is 0 Å². The largest absolute Gasteiger partial charge is 0.416 e. The van der Waals surface area contributed by atoms with Gasteiger partial charge >= 0.3 is 0 Å². The first-order chi connectivity index (χ1) is 13.5. The Hall–Kier alpha value is -1.78. The summed E-state index contributed by atoms with van der Waals surface area (Å²) in [6, 6.07) is 0. The molecule has 0 saturated heterocycles. The minimum absolute atomic E-state index is 0.0580. The van der Waals surface area contributed by atoms with E-state index < -0.39 is 34.8 Å². The third-order valence-corrected chi connectivity index (χ3v) is 11.0. The van der Waals surface area contributed by atoms with Crippen molar-refractivity contribution in [2.45, 2.75) is 75.8 Å². The van der Waals surface area contributed by atoms with Gasteiger partial charge in [0.1, 0.15) is 5.82 Å². The molecule has 0 fully saturated rings. The van der Waals surface area contributed by atoms with Gasteiger partial charge in [0.2, 0.25) is 15.0 Å². The molecule has 0 radical (unpaired) electrons. The third-order valence-electron chi connectivity index (χ3n) is 5.65. The highest BCUT2D eigenvalue weighted by Gasteiger charge is 2.43. The van der Waals surface area contributed by atoms with E-state index in [0.717, 1.165) is 11.8 Å². The molecule has 2 atom stereocenters. The van der Waals surface area contributed by atoms with Gasteiger partial charge in [0, 0.05) is 34.9 Å². The van der Waals surface area contributed by atoms with Gasteiger partial charge in [-0.15, -0.1) is 6.58 Å². The van der Waals surface area contributed by atoms with Crippen molar-refractivity contribution >= 4 is 24.0 Å². The van der Waals surface area contributed by atoms with E-state index in [1.54, 1.807) is 13.8 Å². The lowest BCUT2D eigenvalue weighted by Gasteiger charge is -2.42. The van der Waals surface area contributed by atoms with Gasteiger partial charge in [0.25, 0.3) is 0 Å². The molecular weight excluding hydrogens is 422 g/mol. The van der Waals surface area contributed by atoms with Crippen molar-refractivity contribution in [2.24, 2.45) is 5.11 Å². The summed E-state index contributed by atoms with van der Waals surface area (Å²) in [5, 5.41) is 14.2. The highest BCUT2D eigenvalue weighted by Crippen LogP contribution is 2.41. The Kier molecular flexibility index (Phi) is 8.01. The van der Waals surface area contributed by atoms with Crippen molar-refractivity contribution in [3.63, 3.8) is 0 Å². The fourth-order valence-corrected chi connectivity index (χ4v) is 4.10. The average Bonchev–Trinajstić information content (AvgIpc) is 2.57. The first-order valence-corrected chi connectivity index (χ1v) is 14.3. The molecule has 0 bridgehead atoms. The summed E-state index contributed by atoms with van der Waals surface area (Å²) < 4.78 is 30.1. The molecule has 1 rings (SSSR count). The van der Waals surface area contributed by atoms with Crippen LogP contribution < -0.4 is 0 Å². The van der Waals surface area contributed by atoms with Crippen molar-refractivity contribution < 1.29 is 18.0 Å². The second-order valence-electron chi connectivity index (χ2n) is 9.49. The van der Waals surface area contributed by atoms with Gasteiger partial charge in [-0.05, 0) is 42.1 Å². The minimum atomic E-state index is -3.71. The predicted octanol–water partition coefficient (Wildman–Crippen LogP) is 4.43. The zero-order valence-corrected chi connectivity index (χ0v) is 20.9. The lowest BCUT2D eigenvalue weighted by molar-refractivity contribution is 0.0519. The lowest BCUT2D eigenvalue weighted by atomic mass is 9.76. The van der Waals surface area contributed by atoms with Gasteiger partial charge in [0.15, 0.2) is 8.32 Å². The van der Waals surface area contributed by atoms with Crippen molar-refractivity contribution in [1.29, 1.82) is 0 Å². The Morgan fingerprint density at radius 1 is 1.40 bits per heavy atom. The van der Waals surface area contributed by atoms with Gasteiger partial charge in [-0.1, -0.05) is 33.3 Å². The number of nitrogens with zero attached hydrogens (tertiary/aromatic N) is 5. The maximum atomic E-state index is 11.9. The molecule has 0 aliphatic rings. The quantitative estimate of drug-likeness (QED) is 0.146. The van der Waals surface area contributed by atoms with Crippen molar-refractivity contribution in [3.8, 4) is 0 Å². The maximum Gasteiger partial charge on any atom is 0.247 e. The topological polar surface area (TPSA) is 138 Å². The molecule has 0 aliphatic carbocycles. The van der Waals surface area contributed by atoms with Crippen molar-refractivity contribution in [1.82, 2.24) is 9.97 Å². The minimum Gasteiger partial charge on any atom is -0.416 e. The highest BCUT2D eigenvalue weighted by molar-refractivity contribution is 7.90. The Morgan fingerprint density at radius 3 is 2.40 bits per heavy atom. The maximum absolute atomic E-state index is 11.9. The fourth-order valence-electron chi connectivity index (χ4n) is 2.51. The number of sulfone groups is 1. The first kappa shape index (κ1) is 26.3. The van der Waals surface area contributed by atoms with Crippen LogP contribution in [0.5, 0.6) is 0 Å². The van der Waals surface area contributed by atoms with Crippen LogP contribution in [0.1, 0.15) is 46.6 Å². The first-order valence-electron chi connectivity index (χ1n) is 9.55. The number of rotatable bonds is 9. The highest BCUT2D eigenvalue weighted by atomic mass is 32.2. The van der Waals surface area contributed by atoms with Crippen LogP contribution in [0.15, 0.2) is 28.6 Å². The molecule has 0 aliphatic heterocycles. The number of hydrogen-bond acceptors (Lipinski definition) is 7. The number of azide groups is 1. The number of hydrogen-bond donors (Lipinski definition) is 1. The SMILES string of the molecule is C=C(C)C[C@H](O)[C@](C)(CO[Si](C)(C)C(C)(C)C)c1cnc(S(C)(=O)=O)nc1N=[N+]=[N-]. The van der Waals surface area contributed by atoms with Gasteiger partial charge < -0.3 is 9.53 Å². The van der Waals surface area contributed by atoms with E-state index in [1.807, 2.05) is 0 Å². The van der Waals surface area contributed by atoms with Crippen LogP contribution in [-0.2, 0) is 19.7 Å². The fraction of sp³-hybridized carbons (Fsp3) is 0.684. The molecule has 0 spiro atoms. The second-order valence-corrected chi connectivity index (χ2v) is 16.2. The molecule has 0 aromatic carbocycles. The van der Waals surface area contributed by atoms with E-state index in [9.17, 15) is 13.5 Å². The molecule has 168 valence electrons. The molecule has 1 N–H and O–H groups in total. The molecule has 0 unspecified atom stereocenters. The zero-order chi connectivity index (χ0) is 23.5. The van der Waals surface area contributed by atoms with Crippen LogP contribution in [0.25, 0.3) is 10.4 Å². The summed E-state index contributed by atoms with van der Waals surface area (Å²) in [5.74, 6) is -0.143. The van der Waals surface area contributed by atoms with Crippen LogP contribution in [0.2, 0.25) is 18.1 Å². The van der Waals surface area contributed by atoms with Crippen LogP contribution in [0.4, 0.5) is 5.82 Å². The normalized spacial score (nSPS) is 15.8. The van der Waals surface area contributed by atoms with E-state index in [0.29, 0.717) is 5.56 Å². The van der Waals surface area contributed by atoms with Crippen molar-refractivity contribution in [2.75, 3.05) is 12.9 Å². The van der Waals surface area contributed by atoms with Gasteiger partial charge in [-0.2, -0.15) is 0 Å². The third kappa shape index (κ3) is 6.11. The smallest absolute Gasteiger partial charge is 0.247 e. The Balaban J connectivity index is 3.62. The van der Waals surface area contributed by atoms with Crippen LogP contribution in [-0.4, -0.2) is 50.8 Å². The Bertz CT molecular complexity index is 952. The molecule has 0 amide bonds. The molecular formula is C19H33N5O4SSi. The lowest BCUT2D eigenvalue weighted by Crippen LogP contribution is -2.48. The molecule has 1 heterocycles. The van der Waals surface area contributed by atoms with Gasteiger partial charge in [-0.3, -0.25) is 0 Å². The standard InChI is InChI=1S/C19H33N5O4SSi/c1-13(2)10-15(25)19(6,12-28-30(8,9)18(3,4)5)14-11-21-17(29(7,26)27)22-16(14)23-24-20/h11,15,25H,1,10,12H2,2-9H3/t15-,19+/m0/s1. The van der Waals surface area contributed by atoms with E-state index in [1.165, 1.54) is 6.20 Å². The zero-order valence-electron chi connectivity index (χ0n) is 19.1. The Morgan fingerprint density at radius 2 is 1.97 bits per heavy atom. The monoisotopic (exact) mass is 455 g/mol. The summed E-state index contributed by atoms with van der Waals surface area (Å²) in [6.45, 7) is 18.1. The summed E-state index contributed by atoms with van der Waals surface area (Å²) in [6.07, 6.45) is 1.60. The van der Waals surface area contributed by atoms with E-state index >= 15 is 0 Å². The average molecular weight is 456 g/mol. The van der Waals surface area contributed by atoms with Crippen LogP contribution in [0.3, 0.4) is 0 Å². The van der Waals surface area contributed by atoms with E-state index in [-0.39, 0.29) is 23.9 Å². The molecule has 30 heavy (non-hydrogen) atoms. The number of aromatic nitrogens is 2. The summed E-state index contributed by atoms with van der Waals surface area (Å²) in [5.41, 5.74) is 9.02. The van der Waals surface area contributed by atoms with E-state index in [2.05, 4.69) is 60.4 Å². The van der Waals surface area contributed by atoms with Crippen molar-refractivity contribution in [3.05, 3.63) is 34.4 Å². The summed E-state index contributed by atoms with van der Waals surface area (Å²) >= 11 is 0. The molecule has 9 nitrogen and oxygen atoms in total. The van der Waals surface area contributed by atoms with Crippen LogP contribution in [0, 0.1) is 0 Å².